The van der Waals surface area contributed by atoms with Crippen LogP contribution in [0.1, 0.15) is 21.7 Å². The quantitative estimate of drug-likeness (QED) is 0.892. The number of carbonyl (C=O) groups is 1. The molecule has 110 valence electrons. The Morgan fingerprint density at radius 2 is 1.95 bits per heavy atom. The summed E-state index contributed by atoms with van der Waals surface area (Å²) in [6, 6.07) is 3.36. The van der Waals surface area contributed by atoms with Crippen LogP contribution >= 0.6 is 0 Å². The highest BCUT2D eigenvalue weighted by atomic mass is 19.4. The van der Waals surface area contributed by atoms with Crippen molar-refractivity contribution in [1.82, 2.24) is 9.97 Å². The van der Waals surface area contributed by atoms with E-state index in [1.165, 1.54) is 12.3 Å². The van der Waals surface area contributed by atoms with Crippen LogP contribution in [0.2, 0.25) is 0 Å². The molecule has 0 aromatic carbocycles. The van der Waals surface area contributed by atoms with Crippen molar-refractivity contribution in [2.45, 2.75) is 13.1 Å². The van der Waals surface area contributed by atoms with E-state index in [0.29, 0.717) is 11.4 Å². The van der Waals surface area contributed by atoms with Gasteiger partial charge < -0.3 is 11.1 Å². The van der Waals surface area contributed by atoms with Crippen LogP contribution in [0.3, 0.4) is 0 Å². The summed E-state index contributed by atoms with van der Waals surface area (Å²) in [5.74, 6) is -0.520. The fourth-order valence-corrected chi connectivity index (χ4v) is 1.61. The summed E-state index contributed by atoms with van der Waals surface area (Å²) in [4.78, 5) is 19.2. The highest BCUT2D eigenvalue weighted by Crippen LogP contribution is 2.27. The lowest BCUT2D eigenvalue weighted by molar-refractivity contribution is -0.141. The molecule has 2 aromatic heterocycles. The average Bonchev–Trinajstić information content (AvgIpc) is 2.41. The predicted octanol–water partition coefficient (Wildman–Crippen LogP) is 2.64. The number of aromatic nitrogens is 2. The molecule has 3 N–H and O–H groups in total. The van der Waals surface area contributed by atoms with Gasteiger partial charge in [0.2, 0.25) is 0 Å². The van der Waals surface area contributed by atoms with Crippen molar-refractivity contribution in [3.63, 3.8) is 0 Å². The van der Waals surface area contributed by atoms with Crippen LogP contribution in [0.4, 0.5) is 24.5 Å². The summed E-state index contributed by atoms with van der Waals surface area (Å²) in [6.07, 6.45) is -2.17. The van der Waals surface area contributed by atoms with Crippen molar-refractivity contribution in [3.05, 3.63) is 47.5 Å². The lowest BCUT2D eigenvalue weighted by Gasteiger charge is -2.09. The molecule has 1 amide bonds. The smallest absolute Gasteiger partial charge is 0.397 e. The van der Waals surface area contributed by atoms with Crippen LogP contribution in [0.15, 0.2) is 30.6 Å². The molecule has 0 atom stereocenters. The summed E-state index contributed by atoms with van der Waals surface area (Å²) in [7, 11) is 0. The molecule has 21 heavy (non-hydrogen) atoms. The number of hydrogen-bond donors (Lipinski definition) is 2. The number of aryl methyl sites for hydroxylation is 1. The van der Waals surface area contributed by atoms with E-state index in [1.54, 1.807) is 6.92 Å². The van der Waals surface area contributed by atoms with Crippen molar-refractivity contribution in [1.29, 1.82) is 0 Å². The molecule has 5 nitrogen and oxygen atoms in total. The number of nitrogens with two attached hydrogens (primary N) is 1. The maximum atomic E-state index is 12.4. The maximum Gasteiger partial charge on any atom is 0.433 e. The average molecular weight is 296 g/mol. The minimum atomic E-state index is -4.52. The van der Waals surface area contributed by atoms with E-state index < -0.39 is 17.8 Å². The number of pyridine rings is 2. The number of amides is 1. The van der Waals surface area contributed by atoms with E-state index in [0.717, 1.165) is 18.3 Å². The molecule has 0 aliphatic heterocycles. The molecule has 2 aromatic rings. The molecule has 0 aliphatic carbocycles. The number of nitrogens with zero attached hydrogens (tertiary/aromatic N) is 2. The van der Waals surface area contributed by atoms with E-state index in [1.807, 2.05) is 0 Å². The van der Waals surface area contributed by atoms with Gasteiger partial charge >= 0.3 is 6.18 Å². The summed E-state index contributed by atoms with van der Waals surface area (Å²) in [5, 5.41) is 2.44. The molecular weight excluding hydrogens is 285 g/mol. The zero-order chi connectivity index (χ0) is 15.6. The minimum absolute atomic E-state index is 0.148. The van der Waals surface area contributed by atoms with E-state index in [2.05, 4.69) is 15.3 Å². The molecule has 2 heterocycles. The van der Waals surface area contributed by atoms with Crippen LogP contribution in [-0.2, 0) is 6.18 Å². The lowest BCUT2D eigenvalue weighted by Crippen LogP contribution is -2.15. The number of nitrogen functional groups attached to an aromatic ring is 1. The van der Waals surface area contributed by atoms with Gasteiger partial charge in [-0.1, -0.05) is 0 Å². The Balaban J connectivity index is 2.18. The zero-order valence-electron chi connectivity index (χ0n) is 10.9. The number of rotatable bonds is 2. The Bertz CT molecular complexity index is 668. The van der Waals surface area contributed by atoms with Gasteiger partial charge in [0, 0.05) is 0 Å². The van der Waals surface area contributed by atoms with Crippen LogP contribution in [0.5, 0.6) is 0 Å². The van der Waals surface area contributed by atoms with Gasteiger partial charge in [0.15, 0.2) is 0 Å². The van der Waals surface area contributed by atoms with Crippen molar-refractivity contribution < 1.29 is 18.0 Å². The van der Waals surface area contributed by atoms with Gasteiger partial charge in [0.1, 0.15) is 5.69 Å². The third kappa shape index (κ3) is 3.47. The van der Waals surface area contributed by atoms with Gasteiger partial charge in [-0.3, -0.25) is 9.78 Å². The fraction of sp³-hybridized carbons (Fsp3) is 0.154. The Labute approximate surface area is 118 Å². The minimum Gasteiger partial charge on any atom is -0.397 e. The van der Waals surface area contributed by atoms with Crippen LogP contribution < -0.4 is 11.1 Å². The summed E-state index contributed by atoms with van der Waals surface area (Å²) < 4.78 is 37.1. The summed E-state index contributed by atoms with van der Waals surface area (Å²) in [5.41, 5.74) is 5.69. The van der Waals surface area contributed by atoms with Crippen LogP contribution in [0.25, 0.3) is 0 Å². The van der Waals surface area contributed by atoms with E-state index in [9.17, 15) is 18.0 Å². The number of hydrogen-bond acceptors (Lipinski definition) is 4. The third-order valence-electron chi connectivity index (χ3n) is 2.66. The SMILES string of the molecule is Cc1ncc(N)cc1C(=O)Nc1ccc(C(F)(F)F)nc1. The monoisotopic (exact) mass is 296 g/mol. The molecular formula is C13H11F3N4O. The Morgan fingerprint density at radius 1 is 1.24 bits per heavy atom. The number of alkyl halides is 3. The number of carbonyl (C=O) groups excluding carboxylic acids is 1. The van der Waals surface area contributed by atoms with Crippen LogP contribution in [0, 0.1) is 6.92 Å². The first-order valence-electron chi connectivity index (χ1n) is 5.84. The third-order valence-corrected chi connectivity index (χ3v) is 2.66. The topological polar surface area (TPSA) is 80.9 Å². The zero-order valence-corrected chi connectivity index (χ0v) is 10.9. The Hall–Kier alpha value is -2.64. The van der Waals surface area contributed by atoms with Gasteiger partial charge in [-0.25, -0.2) is 4.98 Å². The second kappa shape index (κ2) is 5.39. The van der Waals surface area contributed by atoms with Crippen molar-refractivity contribution in [2.24, 2.45) is 0 Å². The van der Waals surface area contributed by atoms with Gasteiger partial charge in [0.25, 0.3) is 5.91 Å². The Kier molecular flexibility index (Phi) is 3.79. The fourth-order valence-electron chi connectivity index (χ4n) is 1.61. The first-order valence-corrected chi connectivity index (χ1v) is 5.84. The normalized spacial score (nSPS) is 11.2. The van der Waals surface area contributed by atoms with E-state index in [4.69, 9.17) is 5.73 Å². The molecule has 0 bridgehead atoms. The van der Waals surface area contributed by atoms with E-state index >= 15 is 0 Å². The first kappa shape index (κ1) is 14.8. The largest absolute Gasteiger partial charge is 0.433 e. The molecule has 0 saturated carbocycles. The predicted molar refractivity (Wildman–Crippen MR) is 70.6 cm³/mol. The summed E-state index contributed by atoms with van der Waals surface area (Å²) in [6.45, 7) is 1.62. The summed E-state index contributed by atoms with van der Waals surface area (Å²) >= 11 is 0. The highest BCUT2D eigenvalue weighted by molar-refractivity contribution is 6.05. The second-order valence-corrected chi connectivity index (χ2v) is 4.29. The standard InChI is InChI=1S/C13H11F3N4O/c1-7-10(4-8(17)5-18-7)12(21)20-9-2-3-11(19-6-9)13(14,15)16/h2-6H,17H2,1H3,(H,20,21). The molecule has 0 radical (unpaired) electrons. The molecule has 0 unspecified atom stereocenters. The molecule has 0 spiro atoms. The van der Waals surface area contributed by atoms with E-state index in [-0.39, 0.29) is 11.3 Å². The van der Waals surface area contributed by atoms with Gasteiger partial charge in [-0.05, 0) is 25.1 Å². The molecule has 2 rings (SSSR count). The van der Waals surface area contributed by atoms with Gasteiger partial charge in [-0.2, -0.15) is 13.2 Å². The Morgan fingerprint density at radius 3 is 2.52 bits per heavy atom. The second-order valence-electron chi connectivity index (χ2n) is 4.29. The first-order chi connectivity index (χ1) is 9.77. The van der Waals surface area contributed by atoms with Gasteiger partial charge in [0.05, 0.1) is 35.0 Å². The number of anilines is 2. The van der Waals surface area contributed by atoms with Crippen LogP contribution in [-0.4, -0.2) is 15.9 Å². The molecule has 0 saturated heterocycles. The van der Waals surface area contributed by atoms with Gasteiger partial charge in [-0.15, -0.1) is 0 Å². The highest BCUT2D eigenvalue weighted by Gasteiger charge is 2.32. The molecule has 0 fully saturated rings. The van der Waals surface area contributed by atoms with Crippen molar-refractivity contribution in [2.75, 3.05) is 11.1 Å². The number of halogens is 3. The van der Waals surface area contributed by atoms with Crippen molar-refractivity contribution >= 4 is 17.3 Å². The molecule has 0 aliphatic rings. The maximum absolute atomic E-state index is 12.4. The number of nitrogens with one attached hydrogen (secondary N) is 1. The van der Waals surface area contributed by atoms with Crippen molar-refractivity contribution in [3.8, 4) is 0 Å². The lowest BCUT2D eigenvalue weighted by atomic mass is 10.2. The molecule has 8 heteroatoms.